The molecule has 22 heavy (non-hydrogen) atoms. The smallest absolute Gasteiger partial charge is 0.228 e. The molecule has 2 heterocycles. The number of hydrogen-bond donors (Lipinski definition) is 0. The maximum atomic E-state index is 5.17. The molecule has 1 fully saturated rings. The Bertz CT molecular complexity index is 606. The first kappa shape index (κ1) is 14.8. The van der Waals surface area contributed by atoms with Gasteiger partial charge in [-0.05, 0) is 12.5 Å². The molecule has 116 valence electrons. The maximum Gasteiger partial charge on any atom is 0.228 e. The molecular weight excluding hydrogens is 276 g/mol. The minimum atomic E-state index is 0.618. The van der Waals surface area contributed by atoms with Crippen molar-refractivity contribution in [3.8, 4) is 5.88 Å². The maximum absolute atomic E-state index is 5.17. The van der Waals surface area contributed by atoms with Gasteiger partial charge in [0.1, 0.15) is 0 Å². The van der Waals surface area contributed by atoms with Crippen LogP contribution in [0.25, 0.3) is 0 Å². The molecule has 1 saturated heterocycles. The molecule has 0 amide bonds. The van der Waals surface area contributed by atoms with Crippen molar-refractivity contribution in [2.75, 3.05) is 38.2 Å². The Kier molecular flexibility index (Phi) is 4.53. The summed E-state index contributed by atoms with van der Waals surface area (Å²) < 4.78 is 5.17. The van der Waals surface area contributed by atoms with Crippen LogP contribution in [-0.4, -0.2) is 48.2 Å². The second-order valence-electron chi connectivity index (χ2n) is 5.65. The largest absolute Gasteiger partial charge is 0.481 e. The first-order valence-electron chi connectivity index (χ1n) is 7.64. The van der Waals surface area contributed by atoms with Crippen LogP contribution in [0.4, 0.5) is 5.95 Å². The van der Waals surface area contributed by atoms with Gasteiger partial charge in [0.25, 0.3) is 0 Å². The molecule has 1 aliphatic heterocycles. The first-order chi connectivity index (χ1) is 10.7. The van der Waals surface area contributed by atoms with Gasteiger partial charge in [0, 0.05) is 45.0 Å². The lowest BCUT2D eigenvalue weighted by Crippen LogP contribution is -2.46. The number of rotatable bonds is 4. The molecule has 0 atom stereocenters. The standard InChI is InChI=1S/C17H22N4O/c1-14-3-5-15(6-4-14)13-20-9-11-21(12-10-20)17-18-8-7-16(19-17)22-2/h3-8H,9-13H2,1-2H3. The molecule has 3 rings (SSSR count). The number of hydrogen-bond acceptors (Lipinski definition) is 5. The van der Waals surface area contributed by atoms with Crippen molar-refractivity contribution in [1.82, 2.24) is 14.9 Å². The van der Waals surface area contributed by atoms with E-state index >= 15 is 0 Å². The van der Waals surface area contributed by atoms with Crippen molar-refractivity contribution in [1.29, 1.82) is 0 Å². The zero-order chi connectivity index (χ0) is 15.4. The molecule has 1 aromatic carbocycles. The van der Waals surface area contributed by atoms with Gasteiger partial charge in [-0.15, -0.1) is 0 Å². The van der Waals surface area contributed by atoms with Crippen LogP contribution in [0.5, 0.6) is 5.88 Å². The van der Waals surface area contributed by atoms with E-state index in [0.29, 0.717) is 5.88 Å². The number of methoxy groups -OCH3 is 1. The molecule has 1 aromatic heterocycles. The zero-order valence-electron chi connectivity index (χ0n) is 13.2. The van der Waals surface area contributed by atoms with Crippen LogP contribution < -0.4 is 9.64 Å². The molecule has 0 unspecified atom stereocenters. The van der Waals surface area contributed by atoms with Gasteiger partial charge in [0.15, 0.2) is 0 Å². The monoisotopic (exact) mass is 298 g/mol. The summed E-state index contributed by atoms with van der Waals surface area (Å²) in [6.45, 7) is 7.06. The molecule has 0 N–H and O–H groups in total. The lowest BCUT2D eigenvalue weighted by atomic mass is 10.1. The van der Waals surface area contributed by atoms with Crippen LogP contribution in [0.2, 0.25) is 0 Å². The minimum Gasteiger partial charge on any atom is -0.481 e. The van der Waals surface area contributed by atoms with Crippen molar-refractivity contribution >= 4 is 5.95 Å². The van der Waals surface area contributed by atoms with Crippen molar-refractivity contribution in [3.05, 3.63) is 47.7 Å². The Balaban J connectivity index is 1.56. The van der Waals surface area contributed by atoms with Gasteiger partial charge in [-0.1, -0.05) is 29.8 Å². The van der Waals surface area contributed by atoms with Crippen LogP contribution in [0.15, 0.2) is 36.5 Å². The number of aryl methyl sites for hydroxylation is 1. The summed E-state index contributed by atoms with van der Waals surface area (Å²) in [4.78, 5) is 13.4. The van der Waals surface area contributed by atoms with Gasteiger partial charge in [-0.2, -0.15) is 4.98 Å². The fourth-order valence-corrected chi connectivity index (χ4v) is 2.66. The molecule has 2 aromatic rings. The minimum absolute atomic E-state index is 0.618. The summed E-state index contributed by atoms with van der Waals surface area (Å²) in [6.07, 6.45) is 1.75. The quantitative estimate of drug-likeness (QED) is 0.865. The third kappa shape index (κ3) is 3.54. The summed E-state index contributed by atoms with van der Waals surface area (Å²) in [6, 6.07) is 10.6. The fourth-order valence-electron chi connectivity index (χ4n) is 2.66. The highest BCUT2D eigenvalue weighted by atomic mass is 16.5. The van der Waals surface area contributed by atoms with E-state index in [1.807, 2.05) is 0 Å². The van der Waals surface area contributed by atoms with Gasteiger partial charge in [0.2, 0.25) is 11.8 Å². The number of benzene rings is 1. The van der Waals surface area contributed by atoms with Crippen molar-refractivity contribution in [2.24, 2.45) is 0 Å². The third-order valence-corrected chi connectivity index (χ3v) is 4.01. The van der Waals surface area contributed by atoms with Gasteiger partial charge in [-0.3, -0.25) is 4.90 Å². The molecule has 0 bridgehead atoms. The summed E-state index contributed by atoms with van der Waals surface area (Å²) in [5.74, 6) is 1.38. The third-order valence-electron chi connectivity index (χ3n) is 4.01. The Labute approximate surface area is 131 Å². The second-order valence-corrected chi connectivity index (χ2v) is 5.65. The van der Waals surface area contributed by atoms with Crippen LogP contribution in [0.1, 0.15) is 11.1 Å². The van der Waals surface area contributed by atoms with Crippen LogP contribution in [0.3, 0.4) is 0 Å². The van der Waals surface area contributed by atoms with E-state index in [0.717, 1.165) is 38.7 Å². The van der Waals surface area contributed by atoms with E-state index in [-0.39, 0.29) is 0 Å². The van der Waals surface area contributed by atoms with Crippen LogP contribution in [-0.2, 0) is 6.54 Å². The highest BCUT2D eigenvalue weighted by molar-refractivity contribution is 5.32. The van der Waals surface area contributed by atoms with Gasteiger partial charge >= 0.3 is 0 Å². The highest BCUT2D eigenvalue weighted by Gasteiger charge is 2.19. The summed E-state index contributed by atoms with van der Waals surface area (Å²) >= 11 is 0. The fraction of sp³-hybridized carbons (Fsp3) is 0.412. The van der Waals surface area contributed by atoms with E-state index in [9.17, 15) is 0 Å². The highest BCUT2D eigenvalue weighted by Crippen LogP contribution is 2.15. The normalized spacial score (nSPS) is 15.8. The molecular formula is C17H22N4O. The van der Waals surface area contributed by atoms with Gasteiger partial charge in [0.05, 0.1) is 7.11 Å². The Morgan fingerprint density at radius 3 is 2.45 bits per heavy atom. The molecule has 0 saturated carbocycles. The molecule has 0 radical (unpaired) electrons. The van der Waals surface area contributed by atoms with E-state index in [4.69, 9.17) is 4.74 Å². The van der Waals surface area contributed by atoms with E-state index in [1.165, 1.54) is 11.1 Å². The van der Waals surface area contributed by atoms with Crippen LogP contribution in [0, 0.1) is 6.92 Å². The van der Waals surface area contributed by atoms with Crippen molar-refractivity contribution in [3.63, 3.8) is 0 Å². The van der Waals surface area contributed by atoms with Gasteiger partial charge in [-0.25, -0.2) is 4.98 Å². The summed E-state index contributed by atoms with van der Waals surface area (Å²) in [5, 5.41) is 0. The molecule has 5 nitrogen and oxygen atoms in total. The Hall–Kier alpha value is -2.14. The number of anilines is 1. The average Bonchev–Trinajstić information content (AvgIpc) is 2.58. The first-order valence-corrected chi connectivity index (χ1v) is 7.64. The van der Waals surface area contributed by atoms with E-state index in [2.05, 4.69) is 51.0 Å². The number of nitrogens with zero attached hydrogens (tertiary/aromatic N) is 4. The lowest BCUT2D eigenvalue weighted by Gasteiger charge is -2.34. The van der Waals surface area contributed by atoms with Crippen molar-refractivity contribution in [2.45, 2.75) is 13.5 Å². The predicted molar refractivity (Wildman–Crippen MR) is 87.3 cm³/mol. The predicted octanol–water partition coefficient (Wildman–Crippen LogP) is 2.12. The van der Waals surface area contributed by atoms with E-state index < -0.39 is 0 Å². The molecule has 0 aliphatic carbocycles. The Morgan fingerprint density at radius 1 is 1.05 bits per heavy atom. The zero-order valence-corrected chi connectivity index (χ0v) is 13.2. The van der Waals surface area contributed by atoms with Crippen molar-refractivity contribution < 1.29 is 4.74 Å². The Morgan fingerprint density at radius 2 is 1.77 bits per heavy atom. The summed E-state index contributed by atoms with van der Waals surface area (Å²) in [5.41, 5.74) is 2.68. The average molecular weight is 298 g/mol. The number of piperazine rings is 1. The van der Waals surface area contributed by atoms with Gasteiger partial charge < -0.3 is 9.64 Å². The topological polar surface area (TPSA) is 41.5 Å². The molecule has 5 heteroatoms. The SMILES string of the molecule is COc1ccnc(N2CCN(Cc3ccc(C)cc3)CC2)n1. The molecule has 1 aliphatic rings. The van der Waals surface area contributed by atoms with E-state index in [1.54, 1.807) is 19.4 Å². The lowest BCUT2D eigenvalue weighted by molar-refractivity contribution is 0.248. The second kappa shape index (κ2) is 6.75. The molecule has 0 spiro atoms. The summed E-state index contributed by atoms with van der Waals surface area (Å²) in [7, 11) is 1.63. The number of aromatic nitrogens is 2. The van der Waals surface area contributed by atoms with Crippen LogP contribution >= 0.6 is 0 Å². The number of ether oxygens (including phenoxy) is 1.